The number of halogens is 2. The first-order chi connectivity index (χ1) is 15.0. The SMILES string of the molecule is O=C(CCN1CCN(C(=O)C2COc3ccccc3O2)CC1)Nc1ccc(F)c(F)c1. The predicted molar refractivity (Wildman–Crippen MR) is 109 cm³/mol. The second-order valence-corrected chi connectivity index (χ2v) is 7.46. The molecule has 0 spiro atoms. The average Bonchev–Trinajstić information content (AvgIpc) is 2.79. The van der Waals surface area contributed by atoms with Crippen molar-refractivity contribution in [1.29, 1.82) is 0 Å². The maximum absolute atomic E-state index is 13.2. The second kappa shape index (κ2) is 9.30. The van der Waals surface area contributed by atoms with Crippen molar-refractivity contribution in [3.05, 3.63) is 54.1 Å². The van der Waals surface area contributed by atoms with Gasteiger partial charge in [-0.1, -0.05) is 12.1 Å². The number of anilines is 1. The number of ether oxygens (including phenoxy) is 2. The summed E-state index contributed by atoms with van der Waals surface area (Å²) in [6.07, 6.45) is -0.452. The van der Waals surface area contributed by atoms with Crippen LogP contribution in [0.25, 0.3) is 0 Å². The van der Waals surface area contributed by atoms with Gasteiger partial charge in [0.1, 0.15) is 6.61 Å². The summed E-state index contributed by atoms with van der Waals surface area (Å²) >= 11 is 0. The van der Waals surface area contributed by atoms with Crippen molar-refractivity contribution in [2.45, 2.75) is 12.5 Å². The summed E-state index contributed by atoms with van der Waals surface area (Å²) in [7, 11) is 0. The van der Waals surface area contributed by atoms with Crippen LogP contribution in [0.3, 0.4) is 0 Å². The van der Waals surface area contributed by atoms with Crippen LogP contribution in [0.1, 0.15) is 6.42 Å². The van der Waals surface area contributed by atoms with Gasteiger partial charge in [-0.2, -0.15) is 0 Å². The van der Waals surface area contributed by atoms with E-state index in [0.29, 0.717) is 44.2 Å². The third-order valence-electron chi connectivity index (χ3n) is 5.33. The topological polar surface area (TPSA) is 71.1 Å². The lowest BCUT2D eigenvalue weighted by Crippen LogP contribution is -2.54. The average molecular weight is 431 g/mol. The van der Waals surface area contributed by atoms with Gasteiger partial charge in [-0.25, -0.2) is 8.78 Å². The van der Waals surface area contributed by atoms with E-state index < -0.39 is 17.7 Å². The second-order valence-electron chi connectivity index (χ2n) is 7.46. The fourth-order valence-corrected chi connectivity index (χ4v) is 3.59. The number of rotatable bonds is 5. The molecule has 1 saturated heterocycles. The molecule has 2 aromatic carbocycles. The fourth-order valence-electron chi connectivity index (χ4n) is 3.59. The number of hydrogen-bond donors (Lipinski definition) is 1. The normalized spacial score (nSPS) is 18.5. The van der Waals surface area contributed by atoms with Crippen molar-refractivity contribution >= 4 is 17.5 Å². The van der Waals surface area contributed by atoms with Gasteiger partial charge in [0, 0.05) is 50.9 Å². The quantitative estimate of drug-likeness (QED) is 0.787. The van der Waals surface area contributed by atoms with E-state index in [1.54, 1.807) is 17.0 Å². The van der Waals surface area contributed by atoms with Gasteiger partial charge in [0.15, 0.2) is 23.1 Å². The Morgan fingerprint density at radius 3 is 2.48 bits per heavy atom. The predicted octanol–water partition coefficient (Wildman–Crippen LogP) is 2.28. The van der Waals surface area contributed by atoms with Crippen LogP contribution in [-0.4, -0.2) is 67.0 Å². The summed E-state index contributed by atoms with van der Waals surface area (Å²) in [6.45, 7) is 3.02. The van der Waals surface area contributed by atoms with Crippen LogP contribution in [0.2, 0.25) is 0 Å². The van der Waals surface area contributed by atoms with Gasteiger partial charge >= 0.3 is 0 Å². The van der Waals surface area contributed by atoms with Gasteiger partial charge in [0.05, 0.1) is 0 Å². The minimum absolute atomic E-state index is 0.106. The molecule has 0 radical (unpaired) electrons. The largest absolute Gasteiger partial charge is 0.485 e. The first kappa shape index (κ1) is 21.0. The van der Waals surface area contributed by atoms with E-state index in [1.165, 1.54) is 6.07 Å². The zero-order valence-corrected chi connectivity index (χ0v) is 16.9. The highest BCUT2D eigenvalue weighted by molar-refractivity contribution is 5.90. The number of piperazine rings is 1. The van der Waals surface area contributed by atoms with Crippen molar-refractivity contribution in [2.24, 2.45) is 0 Å². The first-order valence-corrected chi connectivity index (χ1v) is 10.1. The molecule has 1 N–H and O–H groups in total. The summed E-state index contributed by atoms with van der Waals surface area (Å²) in [5.41, 5.74) is 0.218. The highest BCUT2D eigenvalue weighted by Gasteiger charge is 2.32. The molecule has 4 rings (SSSR count). The van der Waals surface area contributed by atoms with E-state index in [-0.39, 0.29) is 30.5 Å². The number of carbonyl (C=O) groups is 2. The summed E-state index contributed by atoms with van der Waals surface area (Å²) in [4.78, 5) is 28.7. The Hall–Kier alpha value is -3.20. The Morgan fingerprint density at radius 1 is 1.00 bits per heavy atom. The molecular weight excluding hydrogens is 408 g/mol. The third-order valence-corrected chi connectivity index (χ3v) is 5.33. The monoisotopic (exact) mass is 431 g/mol. The van der Waals surface area contributed by atoms with Gasteiger partial charge in [-0.3, -0.25) is 14.5 Å². The van der Waals surface area contributed by atoms with Gasteiger partial charge < -0.3 is 19.7 Å². The summed E-state index contributed by atoms with van der Waals surface area (Å²) in [5, 5.41) is 2.56. The van der Waals surface area contributed by atoms with Crippen molar-refractivity contribution < 1.29 is 27.8 Å². The number of hydrogen-bond acceptors (Lipinski definition) is 5. The lowest BCUT2D eigenvalue weighted by molar-refractivity contribution is -0.143. The van der Waals surface area contributed by atoms with Crippen molar-refractivity contribution in [2.75, 3.05) is 44.6 Å². The first-order valence-electron chi connectivity index (χ1n) is 10.1. The molecule has 2 heterocycles. The van der Waals surface area contributed by atoms with Crippen molar-refractivity contribution in [1.82, 2.24) is 9.80 Å². The summed E-state index contributed by atoms with van der Waals surface area (Å²) < 4.78 is 37.6. The van der Waals surface area contributed by atoms with Crippen molar-refractivity contribution in [3.63, 3.8) is 0 Å². The molecule has 0 saturated carbocycles. The Morgan fingerprint density at radius 2 is 1.74 bits per heavy atom. The molecule has 2 aromatic rings. The highest BCUT2D eigenvalue weighted by atomic mass is 19.2. The van der Waals surface area contributed by atoms with Crippen molar-refractivity contribution in [3.8, 4) is 11.5 Å². The Labute approximate surface area is 178 Å². The minimum atomic E-state index is -1.01. The summed E-state index contributed by atoms with van der Waals surface area (Å²) in [5.74, 6) is -1.15. The van der Waals surface area contributed by atoms with Gasteiger partial charge in [-0.15, -0.1) is 0 Å². The Balaban J connectivity index is 1.20. The van der Waals surface area contributed by atoms with Crippen LogP contribution >= 0.6 is 0 Å². The Bertz CT molecular complexity index is 964. The standard InChI is InChI=1S/C22H23F2N3O4/c23-16-6-5-15(13-17(16)24)25-21(28)7-8-26-9-11-27(12-10-26)22(29)20-14-30-18-3-1-2-4-19(18)31-20/h1-6,13,20H,7-12,14H2,(H,25,28). The number of nitrogens with zero attached hydrogens (tertiary/aromatic N) is 2. The molecule has 2 aliphatic heterocycles. The molecule has 0 aliphatic carbocycles. The third kappa shape index (κ3) is 5.11. The van der Waals surface area contributed by atoms with Crippen LogP contribution < -0.4 is 14.8 Å². The van der Waals surface area contributed by atoms with Gasteiger partial charge in [-0.05, 0) is 24.3 Å². The molecule has 1 atom stereocenters. The van der Waals surface area contributed by atoms with Crippen LogP contribution in [0, 0.1) is 11.6 Å². The van der Waals surface area contributed by atoms with Gasteiger partial charge in [0.25, 0.3) is 5.91 Å². The Kier molecular flexibility index (Phi) is 6.31. The number of amides is 2. The van der Waals surface area contributed by atoms with E-state index in [4.69, 9.17) is 9.47 Å². The number of fused-ring (bicyclic) bond motifs is 1. The van der Waals surface area contributed by atoms with E-state index in [2.05, 4.69) is 10.2 Å². The molecule has 2 aliphatic rings. The molecule has 31 heavy (non-hydrogen) atoms. The highest BCUT2D eigenvalue weighted by Crippen LogP contribution is 2.31. The van der Waals surface area contributed by atoms with Crippen LogP contribution in [0.15, 0.2) is 42.5 Å². The zero-order chi connectivity index (χ0) is 21.8. The molecule has 7 nitrogen and oxygen atoms in total. The van der Waals surface area contributed by atoms with E-state index in [0.717, 1.165) is 12.1 Å². The van der Waals surface area contributed by atoms with Crippen LogP contribution in [-0.2, 0) is 9.59 Å². The molecule has 1 fully saturated rings. The van der Waals surface area contributed by atoms with Crippen LogP contribution in [0.4, 0.5) is 14.5 Å². The van der Waals surface area contributed by atoms with E-state index >= 15 is 0 Å². The molecule has 164 valence electrons. The lowest BCUT2D eigenvalue weighted by Gasteiger charge is -2.37. The lowest BCUT2D eigenvalue weighted by atomic mass is 10.2. The molecular formula is C22H23F2N3O4. The maximum Gasteiger partial charge on any atom is 0.267 e. The number of benzene rings is 2. The zero-order valence-electron chi connectivity index (χ0n) is 16.9. The maximum atomic E-state index is 13.2. The van der Waals surface area contributed by atoms with Crippen LogP contribution in [0.5, 0.6) is 11.5 Å². The fraction of sp³-hybridized carbons (Fsp3) is 0.364. The summed E-state index contributed by atoms with van der Waals surface area (Å²) in [6, 6.07) is 10.5. The van der Waals surface area contributed by atoms with E-state index in [1.807, 2.05) is 12.1 Å². The minimum Gasteiger partial charge on any atom is -0.485 e. The molecule has 0 bridgehead atoms. The number of nitrogens with one attached hydrogen (secondary N) is 1. The number of para-hydroxylation sites is 2. The molecule has 0 aromatic heterocycles. The smallest absolute Gasteiger partial charge is 0.267 e. The number of carbonyl (C=O) groups excluding carboxylic acids is 2. The molecule has 9 heteroatoms. The van der Waals surface area contributed by atoms with E-state index in [9.17, 15) is 18.4 Å². The molecule has 1 unspecified atom stereocenters. The molecule has 2 amide bonds. The van der Waals surface area contributed by atoms with Gasteiger partial charge in [0.2, 0.25) is 12.0 Å².